The minimum Gasteiger partial charge on any atom is -0.434 e. The molecule has 2 aliphatic heterocycles. The molecule has 3 fully saturated rings. The second-order valence-corrected chi connectivity index (χ2v) is 6.91. The van der Waals surface area contributed by atoms with Crippen molar-refractivity contribution in [1.29, 1.82) is 0 Å². The normalized spacial score (nSPS) is 46.4. The van der Waals surface area contributed by atoms with Crippen LogP contribution in [0.15, 0.2) is 11.6 Å². The second-order valence-electron chi connectivity index (χ2n) is 6.91. The Labute approximate surface area is 112 Å². The Kier molecular flexibility index (Phi) is 2.02. The van der Waals surface area contributed by atoms with Gasteiger partial charge in [0.15, 0.2) is 5.78 Å². The summed E-state index contributed by atoms with van der Waals surface area (Å²) in [7, 11) is 0. The molecule has 2 aliphatic carbocycles. The van der Waals surface area contributed by atoms with E-state index in [1.165, 1.54) is 0 Å². The van der Waals surface area contributed by atoms with Crippen molar-refractivity contribution in [2.75, 3.05) is 6.61 Å². The van der Waals surface area contributed by atoms with Crippen molar-refractivity contribution >= 4 is 11.8 Å². The first-order valence-electron chi connectivity index (χ1n) is 7.03. The van der Waals surface area contributed by atoms with Crippen molar-refractivity contribution in [2.45, 2.75) is 39.4 Å². The fraction of sp³-hybridized carbons (Fsp3) is 0.733. The summed E-state index contributed by atoms with van der Waals surface area (Å²) in [6.07, 6.45) is 3.77. The van der Waals surface area contributed by atoms with Gasteiger partial charge in [0.2, 0.25) is 6.29 Å². The molecule has 4 nitrogen and oxygen atoms in total. The average Bonchev–Trinajstić information content (AvgIpc) is 2.89. The molecule has 0 bridgehead atoms. The van der Waals surface area contributed by atoms with Crippen molar-refractivity contribution in [3.05, 3.63) is 11.6 Å². The summed E-state index contributed by atoms with van der Waals surface area (Å²) < 4.78 is 11.0. The molecule has 4 heteroatoms. The third-order valence-corrected chi connectivity index (χ3v) is 5.70. The van der Waals surface area contributed by atoms with Gasteiger partial charge in [-0.1, -0.05) is 19.9 Å². The van der Waals surface area contributed by atoms with E-state index in [0.29, 0.717) is 13.0 Å². The van der Waals surface area contributed by atoms with Crippen molar-refractivity contribution in [1.82, 2.24) is 0 Å². The van der Waals surface area contributed by atoms with Crippen molar-refractivity contribution in [2.24, 2.45) is 22.7 Å². The van der Waals surface area contributed by atoms with Crippen molar-refractivity contribution in [3.8, 4) is 0 Å². The van der Waals surface area contributed by atoms with Gasteiger partial charge >= 0.3 is 5.97 Å². The molecule has 0 aromatic heterocycles. The fourth-order valence-corrected chi connectivity index (χ4v) is 4.71. The average molecular weight is 262 g/mol. The van der Waals surface area contributed by atoms with Crippen LogP contribution in [0.4, 0.5) is 0 Å². The Morgan fingerprint density at radius 1 is 1.32 bits per heavy atom. The number of ketones is 1. The van der Waals surface area contributed by atoms with E-state index in [4.69, 9.17) is 9.47 Å². The van der Waals surface area contributed by atoms with Gasteiger partial charge in [0.1, 0.15) is 5.41 Å². The number of carbonyl (C=O) groups excluding carboxylic acids is 2. The zero-order chi connectivity index (χ0) is 13.4. The van der Waals surface area contributed by atoms with Crippen LogP contribution in [0, 0.1) is 22.7 Å². The van der Waals surface area contributed by atoms with E-state index < -0.39 is 11.7 Å². The van der Waals surface area contributed by atoms with Gasteiger partial charge < -0.3 is 9.47 Å². The van der Waals surface area contributed by atoms with Crippen LogP contribution < -0.4 is 0 Å². The molecule has 102 valence electrons. The monoisotopic (exact) mass is 262 g/mol. The van der Waals surface area contributed by atoms with Crippen LogP contribution >= 0.6 is 0 Å². The minimum atomic E-state index is -0.951. The van der Waals surface area contributed by atoms with Crippen LogP contribution in [0.3, 0.4) is 0 Å². The Hall–Kier alpha value is -1.16. The Bertz CT molecular complexity index is 508. The van der Waals surface area contributed by atoms with Crippen LogP contribution in [0.2, 0.25) is 0 Å². The highest BCUT2D eigenvalue weighted by Crippen LogP contribution is 2.63. The van der Waals surface area contributed by atoms with Crippen LogP contribution in [-0.4, -0.2) is 24.6 Å². The first kappa shape index (κ1) is 11.6. The molecule has 2 heterocycles. The topological polar surface area (TPSA) is 52.6 Å². The number of hydrogen-bond donors (Lipinski definition) is 0. The lowest BCUT2D eigenvalue weighted by molar-refractivity contribution is -0.169. The molecule has 0 aromatic rings. The van der Waals surface area contributed by atoms with E-state index in [1.54, 1.807) is 0 Å². The Balaban J connectivity index is 1.95. The third-order valence-electron chi connectivity index (χ3n) is 5.70. The van der Waals surface area contributed by atoms with E-state index in [9.17, 15) is 9.59 Å². The molecular weight excluding hydrogens is 244 g/mol. The third kappa shape index (κ3) is 1.15. The molecule has 1 unspecified atom stereocenters. The van der Waals surface area contributed by atoms with Crippen LogP contribution in [0.1, 0.15) is 33.1 Å². The van der Waals surface area contributed by atoms with Gasteiger partial charge in [-0.2, -0.15) is 0 Å². The Morgan fingerprint density at radius 3 is 2.89 bits per heavy atom. The summed E-state index contributed by atoms with van der Waals surface area (Å²) in [6, 6.07) is 0. The highest BCUT2D eigenvalue weighted by atomic mass is 16.7. The molecule has 0 N–H and O–H groups in total. The molecule has 0 amide bonds. The van der Waals surface area contributed by atoms with Crippen LogP contribution in [-0.2, 0) is 19.1 Å². The Morgan fingerprint density at radius 2 is 2.11 bits per heavy atom. The van der Waals surface area contributed by atoms with Gasteiger partial charge in [0.05, 0.1) is 12.5 Å². The molecular formula is C15H18O4. The predicted molar refractivity (Wildman–Crippen MR) is 66.0 cm³/mol. The lowest BCUT2D eigenvalue weighted by atomic mass is 9.48. The van der Waals surface area contributed by atoms with Crippen molar-refractivity contribution in [3.63, 3.8) is 0 Å². The van der Waals surface area contributed by atoms with Gasteiger partial charge in [0, 0.05) is 6.42 Å². The number of hydrogen-bond acceptors (Lipinski definition) is 4. The van der Waals surface area contributed by atoms with Crippen LogP contribution in [0.25, 0.3) is 0 Å². The molecule has 4 aliphatic rings. The zero-order valence-electron chi connectivity index (χ0n) is 11.3. The molecule has 19 heavy (non-hydrogen) atoms. The largest absolute Gasteiger partial charge is 0.434 e. The summed E-state index contributed by atoms with van der Waals surface area (Å²) in [5.41, 5.74) is 0.137. The maximum absolute atomic E-state index is 12.7. The quantitative estimate of drug-likeness (QED) is 0.380. The van der Waals surface area contributed by atoms with E-state index >= 15 is 0 Å². The lowest BCUT2D eigenvalue weighted by Gasteiger charge is -2.51. The highest BCUT2D eigenvalue weighted by Gasteiger charge is 2.72. The number of Topliss-reactive ketones (excluding diaryl/α,β-unsaturated/α-hetero) is 1. The first-order valence-corrected chi connectivity index (χ1v) is 7.03. The summed E-state index contributed by atoms with van der Waals surface area (Å²) in [6.45, 7) is 4.84. The lowest BCUT2D eigenvalue weighted by Crippen LogP contribution is -2.57. The van der Waals surface area contributed by atoms with E-state index in [-0.39, 0.29) is 29.0 Å². The van der Waals surface area contributed by atoms with E-state index in [1.807, 2.05) is 0 Å². The number of allylic oxidation sites excluding steroid dienone is 1. The number of ether oxygens (including phenoxy) is 2. The zero-order valence-corrected chi connectivity index (χ0v) is 11.3. The fourth-order valence-electron chi connectivity index (χ4n) is 4.71. The van der Waals surface area contributed by atoms with Gasteiger partial charge in [-0.15, -0.1) is 0 Å². The van der Waals surface area contributed by atoms with Crippen LogP contribution in [0.5, 0.6) is 0 Å². The molecule has 2 saturated heterocycles. The number of carbonyl (C=O) groups is 2. The second kappa shape index (κ2) is 3.29. The van der Waals surface area contributed by atoms with Gasteiger partial charge in [-0.05, 0) is 29.7 Å². The van der Waals surface area contributed by atoms with E-state index in [0.717, 1.165) is 18.4 Å². The maximum atomic E-state index is 12.7. The molecule has 4 rings (SSSR count). The molecule has 1 spiro atoms. The highest BCUT2D eigenvalue weighted by molar-refractivity contribution is 6.07. The number of esters is 1. The van der Waals surface area contributed by atoms with Gasteiger partial charge in [-0.3, -0.25) is 9.59 Å². The first-order chi connectivity index (χ1) is 8.98. The summed E-state index contributed by atoms with van der Waals surface area (Å²) in [5, 5.41) is 0. The van der Waals surface area contributed by atoms with Crippen molar-refractivity contribution < 1.29 is 19.1 Å². The maximum Gasteiger partial charge on any atom is 0.323 e. The van der Waals surface area contributed by atoms with Gasteiger partial charge in [0.25, 0.3) is 0 Å². The van der Waals surface area contributed by atoms with E-state index in [2.05, 4.69) is 19.9 Å². The van der Waals surface area contributed by atoms with Gasteiger partial charge in [-0.25, -0.2) is 0 Å². The molecule has 0 aromatic carbocycles. The summed E-state index contributed by atoms with van der Waals surface area (Å²) in [5.74, 6) is -0.374. The standard InChI is InChI=1S/C15H18O4/c1-14(2)6-5-10(16)15-9(14)4-3-8-7-18-12(11(8)15)19-13(15)17/h3,9,11-12H,4-7H2,1-2H3/t9-,11+,12?,15-/m0/s1. The predicted octanol–water partition coefficient (Wildman–Crippen LogP) is 1.84. The molecule has 0 radical (unpaired) electrons. The molecule has 1 saturated carbocycles. The number of rotatable bonds is 0. The smallest absolute Gasteiger partial charge is 0.323 e. The molecule has 4 atom stereocenters. The SMILES string of the molecule is CC1(C)CCC(=O)[C@@]23C(=O)OC4OCC(=CC[C@@H]12)[C@H]43. The summed E-state index contributed by atoms with van der Waals surface area (Å²) >= 11 is 0. The summed E-state index contributed by atoms with van der Waals surface area (Å²) in [4.78, 5) is 25.2. The minimum absolute atomic E-state index is 0.00750.